The number of nitrogens with two attached hydrogens (primary N) is 1. The number of aromatic amines is 1. The molecule has 2 unspecified atom stereocenters. The number of carbonyl (C=O) groups excluding carboxylic acids is 1. The number of rotatable bonds is 5. The topological polar surface area (TPSA) is 75.0 Å². The summed E-state index contributed by atoms with van der Waals surface area (Å²) in [6.45, 7) is 3.50. The van der Waals surface area contributed by atoms with Gasteiger partial charge in [0.05, 0.1) is 11.0 Å². The van der Waals surface area contributed by atoms with E-state index in [1.807, 2.05) is 53.4 Å². The zero-order valence-electron chi connectivity index (χ0n) is 15.4. The summed E-state index contributed by atoms with van der Waals surface area (Å²) in [7, 11) is 0. The second-order valence-corrected chi connectivity index (χ2v) is 8.11. The molecule has 3 aromatic rings. The highest BCUT2D eigenvalue weighted by Gasteiger charge is 2.32. The number of aromatic nitrogens is 2. The van der Waals surface area contributed by atoms with Crippen molar-refractivity contribution in [1.29, 1.82) is 0 Å². The average Bonchev–Trinajstić information content (AvgIpc) is 3.28. The van der Waals surface area contributed by atoms with Gasteiger partial charge in [0, 0.05) is 23.9 Å². The molecule has 0 spiro atoms. The van der Waals surface area contributed by atoms with Crippen LogP contribution < -0.4 is 5.73 Å². The maximum atomic E-state index is 13.1. The van der Waals surface area contributed by atoms with Crippen molar-refractivity contribution in [3.63, 3.8) is 0 Å². The minimum atomic E-state index is 0.110. The summed E-state index contributed by atoms with van der Waals surface area (Å²) in [5, 5.41) is 0.871. The number of fused-ring (bicyclic) bond motifs is 1. The number of amides is 1. The number of benzene rings is 2. The normalized spacial score (nSPS) is 19.7. The quantitative estimate of drug-likeness (QED) is 0.663. The van der Waals surface area contributed by atoms with E-state index in [0.29, 0.717) is 18.2 Å². The highest BCUT2D eigenvalue weighted by Crippen LogP contribution is 2.28. The molecule has 0 bridgehead atoms. The minimum absolute atomic E-state index is 0.110. The van der Waals surface area contributed by atoms with Crippen molar-refractivity contribution < 1.29 is 4.79 Å². The van der Waals surface area contributed by atoms with Crippen molar-refractivity contribution in [3.8, 4) is 0 Å². The van der Waals surface area contributed by atoms with E-state index in [-0.39, 0.29) is 11.9 Å². The molecule has 1 fully saturated rings. The molecule has 6 heteroatoms. The summed E-state index contributed by atoms with van der Waals surface area (Å²) in [6.07, 6.45) is 0.984. The van der Waals surface area contributed by atoms with Crippen molar-refractivity contribution in [2.45, 2.75) is 30.3 Å². The Morgan fingerprint density at radius 2 is 2.04 bits per heavy atom. The second-order valence-electron chi connectivity index (χ2n) is 7.15. The lowest BCUT2D eigenvalue weighted by Gasteiger charge is -2.23. The first-order chi connectivity index (χ1) is 13.2. The molecule has 0 saturated carbocycles. The highest BCUT2D eigenvalue weighted by atomic mass is 32.2. The Hall–Kier alpha value is -2.31. The van der Waals surface area contributed by atoms with Crippen molar-refractivity contribution in [2.75, 3.05) is 13.1 Å². The lowest BCUT2D eigenvalue weighted by Crippen LogP contribution is -2.35. The van der Waals surface area contributed by atoms with E-state index in [9.17, 15) is 4.79 Å². The maximum Gasteiger partial charge on any atom is 0.254 e. The molecule has 3 N–H and O–H groups in total. The number of nitrogens with one attached hydrogen (secondary N) is 1. The van der Waals surface area contributed by atoms with Crippen LogP contribution in [0.1, 0.15) is 29.3 Å². The van der Waals surface area contributed by atoms with E-state index in [0.717, 1.165) is 40.3 Å². The molecule has 2 aromatic carbocycles. The van der Waals surface area contributed by atoms with Gasteiger partial charge in [-0.25, -0.2) is 4.98 Å². The molecule has 2 atom stereocenters. The van der Waals surface area contributed by atoms with Gasteiger partial charge in [-0.3, -0.25) is 4.79 Å². The SMILES string of the molecule is CC1CC(CN)CN1C(=O)c1ccccc1CSc1nc2ccccc2[nH]1. The van der Waals surface area contributed by atoms with Crippen LogP contribution in [-0.4, -0.2) is 39.9 Å². The fourth-order valence-electron chi connectivity index (χ4n) is 3.75. The van der Waals surface area contributed by atoms with Gasteiger partial charge in [0.25, 0.3) is 5.91 Å². The maximum absolute atomic E-state index is 13.1. The third kappa shape index (κ3) is 3.73. The third-order valence-electron chi connectivity index (χ3n) is 5.24. The number of nitrogens with zero attached hydrogens (tertiary/aromatic N) is 2. The molecule has 5 nitrogen and oxygen atoms in total. The van der Waals surface area contributed by atoms with Crippen molar-refractivity contribution in [3.05, 3.63) is 59.7 Å². The van der Waals surface area contributed by atoms with Gasteiger partial charge in [-0.1, -0.05) is 42.1 Å². The molecule has 0 radical (unpaired) electrons. The molecular weight excluding hydrogens is 356 g/mol. The van der Waals surface area contributed by atoms with E-state index in [1.165, 1.54) is 0 Å². The number of thioether (sulfide) groups is 1. The lowest BCUT2D eigenvalue weighted by molar-refractivity contribution is 0.0742. The molecular formula is C21H24N4OS. The van der Waals surface area contributed by atoms with Crippen molar-refractivity contribution in [1.82, 2.24) is 14.9 Å². The Labute approximate surface area is 163 Å². The van der Waals surface area contributed by atoms with Crippen LogP contribution in [0, 0.1) is 5.92 Å². The minimum Gasteiger partial charge on any atom is -0.336 e. The standard InChI is InChI=1S/C21H24N4OS/c1-14-10-15(11-22)12-25(14)20(26)17-7-3-2-6-16(17)13-27-21-23-18-8-4-5-9-19(18)24-21/h2-9,14-15H,10-13,22H2,1H3,(H,23,24). The molecule has 1 aliphatic heterocycles. The van der Waals surface area contributed by atoms with Gasteiger partial charge in [0.2, 0.25) is 0 Å². The molecule has 27 heavy (non-hydrogen) atoms. The molecule has 1 amide bonds. The zero-order chi connectivity index (χ0) is 18.8. The van der Waals surface area contributed by atoms with Crippen molar-refractivity contribution in [2.24, 2.45) is 11.7 Å². The van der Waals surface area contributed by atoms with Gasteiger partial charge in [0.1, 0.15) is 0 Å². The van der Waals surface area contributed by atoms with Gasteiger partial charge < -0.3 is 15.6 Å². The number of likely N-dealkylation sites (tertiary alicyclic amines) is 1. The first-order valence-corrected chi connectivity index (χ1v) is 10.3. The lowest BCUT2D eigenvalue weighted by atomic mass is 10.1. The number of hydrogen-bond donors (Lipinski definition) is 2. The monoisotopic (exact) mass is 380 g/mol. The van der Waals surface area contributed by atoms with Crippen LogP contribution in [0.15, 0.2) is 53.7 Å². The van der Waals surface area contributed by atoms with Gasteiger partial charge in [-0.2, -0.15) is 0 Å². The average molecular weight is 381 g/mol. The molecule has 1 aromatic heterocycles. The predicted octanol–water partition coefficient (Wildman–Crippen LogP) is 3.66. The Morgan fingerprint density at radius 1 is 1.26 bits per heavy atom. The zero-order valence-corrected chi connectivity index (χ0v) is 16.2. The highest BCUT2D eigenvalue weighted by molar-refractivity contribution is 7.98. The number of H-pyrrole nitrogens is 1. The number of para-hydroxylation sites is 2. The molecule has 140 valence electrons. The first kappa shape index (κ1) is 18.1. The summed E-state index contributed by atoms with van der Waals surface area (Å²) in [6, 6.07) is 16.1. The Bertz CT molecular complexity index is 921. The van der Waals surface area contributed by atoms with E-state index in [4.69, 9.17) is 5.73 Å². The molecule has 0 aliphatic carbocycles. The van der Waals surface area contributed by atoms with Crippen molar-refractivity contribution >= 4 is 28.7 Å². The van der Waals surface area contributed by atoms with Crippen LogP contribution in [0.3, 0.4) is 0 Å². The number of imidazole rings is 1. The summed E-state index contributed by atoms with van der Waals surface area (Å²) < 4.78 is 0. The van der Waals surface area contributed by atoms with E-state index in [1.54, 1.807) is 11.8 Å². The summed E-state index contributed by atoms with van der Waals surface area (Å²) in [5.41, 5.74) is 9.63. The van der Waals surface area contributed by atoms with Gasteiger partial charge in [0.15, 0.2) is 5.16 Å². The first-order valence-electron chi connectivity index (χ1n) is 9.32. The van der Waals surface area contributed by atoms with E-state index in [2.05, 4.69) is 16.9 Å². The molecule has 2 heterocycles. The van der Waals surface area contributed by atoms with Gasteiger partial charge in [-0.05, 0) is 49.6 Å². The fraction of sp³-hybridized carbons (Fsp3) is 0.333. The number of carbonyl (C=O) groups is 1. The predicted molar refractivity (Wildman–Crippen MR) is 110 cm³/mol. The summed E-state index contributed by atoms with van der Waals surface area (Å²) in [5.74, 6) is 1.21. The smallest absolute Gasteiger partial charge is 0.254 e. The van der Waals surface area contributed by atoms with Crippen LogP contribution in [0.25, 0.3) is 11.0 Å². The third-order valence-corrected chi connectivity index (χ3v) is 6.16. The Kier molecular flexibility index (Phi) is 5.18. The molecule has 1 aliphatic rings. The van der Waals surface area contributed by atoms with Crippen LogP contribution in [-0.2, 0) is 5.75 Å². The summed E-state index contributed by atoms with van der Waals surface area (Å²) in [4.78, 5) is 23.1. The second kappa shape index (κ2) is 7.74. The van der Waals surface area contributed by atoms with E-state index >= 15 is 0 Å². The fourth-order valence-corrected chi connectivity index (χ4v) is 4.64. The van der Waals surface area contributed by atoms with Crippen LogP contribution >= 0.6 is 11.8 Å². The Morgan fingerprint density at radius 3 is 2.81 bits per heavy atom. The Balaban J connectivity index is 1.51. The summed E-state index contributed by atoms with van der Waals surface area (Å²) >= 11 is 1.62. The molecule has 4 rings (SSSR count). The van der Waals surface area contributed by atoms with E-state index < -0.39 is 0 Å². The van der Waals surface area contributed by atoms with Gasteiger partial charge >= 0.3 is 0 Å². The van der Waals surface area contributed by atoms with Crippen LogP contribution in [0.5, 0.6) is 0 Å². The van der Waals surface area contributed by atoms with Crippen LogP contribution in [0.2, 0.25) is 0 Å². The van der Waals surface area contributed by atoms with Crippen LogP contribution in [0.4, 0.5) is 0 Å². The molecule has 1 saturated heterocycles. The van der Waals surface area contributed by atoms with Gasteiger partial charge in [-0.15, -0.1) is 0 Å². The number of hydrogen-bond acceptors (Lipinski definition) is 4. The largest absolute Gasteiger partial charge is 0.336 e.